The molecule has 0 aliphatic carbocycles. The van der Waals surface area contributed by atoms with Crippen LogP contribution in [0.3, 0.4) is 0 Å². The Balaban J connectivity index is 1.56. The number of hydrogen-bond acceptors (Lipinski definition) is 3. The second-order valence-electron chi connectivity index (χ2n) is 6.04. The third-order valence-corrected chi connectivity index (χ3v) is 4.41. The Morgan fingerprint density at radius 2 is 1.83 bits per heavy atom. The molecule has 2 aromatic rings. The van der Waals surface area contributed by atoms with Gasteiger partial charge in [0.15, 0.2) is 5.69 Å². The van der Waals surface area contributed by atoms with Crippen LogP contribution in [0.1, 0.15) is 28.7 Å². The minimum atomic E-state index is 0.0552. The van der Waals surface area contributed by atoms with Crippen molar-refractivity contribution in [3.05, 3.63) is 53.3 Å². The van der Waals surface area contributed by atoms with Gasteiger partial charge in [0.2, 0.25) is 0 Å². The van der Waals surface area contributed by atoms with Crippen LogP contribution in [0.4, 0.5) is 0 Å². The van der Waals surface area contributed by atoms with E-state index in [9.17, 15) is 4.79 Å². The number of hydrogen-bond donors (Lipinski definition) is 0. The average molecular weight is 312 g/mol. The highest BCUT2D eigenvalue weighted by Crippen LogP contribution is 2.12. The van der Waals surface area contributed by atoms with Gasteiger partial charge >= 0.3 is 0 Å². The molecular weight excluding hydrogens is 288 g/mol. The van der Waals surface area contributed by atoms with Gasteiger partial charge < -0.3 is 4.90 Å². The van der Waals surface area contributed by atoms with E-state index in [4.69, 9.17) is 0 Å². The molecule has 5 heteroatoms. The Morgan fingerprint density at radius 3 is 2.43 bits per heavy atom. The number of rotatable bonds is 4. The summed E-state index contributed by atoms with van der Waals surface area (Å²) < 4.78 is 1.87. The molecule has 1 fully saturated rings. The number of carbonyl (C=O) groups is 1. The zero-order valence-electron chi connectivity index (χ0n) is 13.9. The highest BCUT2D eigenvalue weighted by Gasteiger charge is 2.24. The molecule has 23 heavy (non-hydrogen) atoms. The van der Waals surface area contributed by atoms with Crippen molar-refractivity contribution in [2.24, 2.45) is 0 Å². The van der Waals surface area contributed by atoms with Gasteiger partial charge in [-0.15, -0.1) is 0 Å². The maximum absolute atomic E-state index is 12.6. The zero-order valence-corrected chi connectivity index (χ0v) is 13.9. The van der Waals surface area contributed by atoms with E-state index < -0.39 is 0 Å². The average Bonchev–Trinajstić information content (AvgIpc) is 2.97. The molecule has 0 N–H and O–H groups in total. The first-order valence-corrected chi connectivity index (χ1v) is 8.27. The molecule has 1 saturated heterocycles. The van der Waals surface area contributed by atoms with Gasteiger partial charge in [-0.2, -0.15) is 5.10 Å². The van der Waals surface area contributed by atoms with E-state index in [1.807, 2.05) is 35.6 Å². The molecule has 1 aromatic carbocycles. The molecule has 3 rings (SSSR count). The minimum Gasteiger partial charge on any atom is -0.335 e. The van der Waals surface area contributed by atoms with Gasteiger partial charge in [-0.3, -0.25) is 14.4 Å². The topological polar surface area (TPSA) is 41.4 Å². The first-order valence-electron chi connectivity index (χ1n) is 8.27. The van der Waals surface area contributed by atoms with Crippen LogP contribution in [-0.4, -0.2) is 51.7 Å². The van der Waals surface area contributed by atoms with Crippen molar-refractivity contribution in [1.29, 1.82) is 0 Å². The lowest BCUT2D eigenvalue weighted by molar-refractivity contribution is 0.0622. The summed E-state index contributed by atoms with van der Waals surface area (Å²) in [7, 11) is 0. The lowest BCUT2D eigenvalue weighted by Crippen LogP contribution is -2.48. The van der Waals surface area contributed by atoms with Gasteiger partial charge in [0.05, 0.1) is 0 Å². The summed E-state index contributed by atoms with van der Waals surface area (Å²) in [5.41, 5.74) is 2.93. The molecule has 5 nitrogen and oxygen atoms in total. The fraction of sp³-hybridized carbons (Fsp3) is 0.444. The smallest absolute Gasteiger partial charge is 0.274 e. The van der Waals surface area contributed by atoms with Crippen LogP contribution in [0.5, 0.6) is 0 Å². The van der Waals surface area contributed by atoms with Gasteiger partial charge in [-0.05, 0) is 25.5 Å². The summed E-state index contributed by atoms with van der Waals surface area (Å²) >= 11 is 0. The molecule has 0 bridgehead atoms. The van der Waals surface area contributed by atoms with Gasteiger partial charge in [0.25, 0.3) is 5.91 Å². The molecule has 0 spiro atoms. The second kappa shape index (κ2) is 6.96. The van der Waals surface area contributed by atoms with Crippen LogP contribution in [0.15, 0.2) is 36.4 Å². The molecule has 1 aliphatic rings. The number of aromatic nitrogens is 2. The van der Waals surface area contributed by atoms with Crippen molar-refractivity contribution in [2.75, 3.05) is 26.2 Å². The molecule has 122 valence electrons. The van der Waals surface area contributed by atoms with E-state index in [-0.39, 0.29) is 5.91 Å². The van der Waals surface area contributed by atoms with Crippen molar-refractivity contribution in [1.82, 2.24) is 19.6 Å². The molecule has 0 radical (unpaired) electrons. The summed E-state index contributed by atoms with van der Waals surface area (Å²) in [5, 5.41) is 4.40. The fourth-order valence-electron chi connectivity index (χ4n) is 3.05. The lowest BCUT2D eigenvalue weighted by Gasteiger charge is -2.34. The first-order chi connectivity index (χ1) is 11.2. The predicted octanol–water partition coefficient (Wildman–Crippen LogP) is 2.17. The maximum Gasteiger partial charge on any atom is 0.274 e. The summed E-state index contributed by atoms with van der Waals surface area (Å²) in [6, 6.07) is 12.4. The molecule has 2 heterocycles. The van der Waals surface area contributed by atoms with Crippen molar-refractivity contribution in [2.45, 2.75) is 26.9 Å². The largest absolute Gasteiger partial charge is 0.335 e. The van der Waals surface area contributed by atoms with Crippen molar-refractivity contribution < 1.29 is 4.79 Å². The number of piperazine rings is 1. The van der Waals surface area contributed by atoms with Gasteiger partial charge in [0.1, 0.15) is 0 Å². The van der Waals surface area contributed by atoms with E-state index in [1.165, 1.54) is 5.56 Å². The summed E-state index contributed by atoms with van der Waals surface area (Å²) in [6.45, 7) is 9.13. The number of carbonyl (C=O) groups excluding carboxylic acids is 1. The number of amides is 1. The van der Waals surface area contributed by atoms with E-state index in [0.29, 0.717) is 5.69 Å². The van der Waals surface area contributed by atoms with Crippen LogP contribution in [0.2, 0.25) is 0 Å². The van der Waals surface area contributed by atoms with E-state index in [2.05, 4.69) is 34.3 Å². The fourth-order valence-corrected chi connectivity index (χ4v) is 3.05. The highest BCUT2D eigenvalue weighted by molar-refractivity contribution is 5.92. The molecule has 0 saturated carbocycles. The van der Waals surface area contributed by atoms with Crippen molar-refractivity contribution >= 4 is 5.91 Å². The summed E-state index contributed by atoms with van der Waals surface area (Å²) in [6.07, 6.45) is 0. The highest BCUT2D eigenvalue weighted by atomic mass is 16.2. The standard InChI is InChI=1S/C18H24N4O/c1-3-22-15(2)13-17(19-22)18(23)21-11-9-20(10-12-21)14-16-7-5-4-6-8-16/h4-8,13H,3,9-12,14H2,1-2H3. The van der Waals surface area contributed by atoms with Gasteiger partial charge in [-0.1, -0.05) is 30.3 Å². The van der Waals surface area contributed by atoms with E-state index in [0.717, 1.165) is 45.0 Å². The number of benzene rings is 1. The quantitative estimate of drug-likeness (QED) is 0.869. The van der Waals surface area contributed by atoms with Crippen LogP contribution in [-0.2, 0) is 13.1 Å². The molecule has 1 amide bonds. The van der Waals surface area contributed by atoms with Crippen LogP contribution >= 0.6 is 0 Å². The third kappa shape index (κ3) is 3.62. The van der Waals surface area contributed by atoms with Crippen LogP contribution in [0, 0.1) is 6.92 Å². The Kier molecular flexibility index (Phi) is 4.76. The van der Waals surface area contributed by atoms with Crippen LogP contribution < -0.4 is 0 Å². The maximum atomic E-state index is 12.6. The zero-order chi connectivity index (χ0) is 16.2. The minimum absolute atomic E-state index is 0.0552. The number of aryl methyl sites for hydroxylation is 2. The predicted molar refractivity (Wildman–Crippen MR) is 90.3 cm³/mol. The van der Waals surface area contributed by atoms with E-state index >= 15 is 0 Å². The van der Waals surface area contributed by atoms with E-state index in [1.54, 1.807) is 0 Å². The number of nitrogens with zero attached hydrogens (tertiary/aromatic N) is 4. The van der Waals surface area contributed by atoms with Gasteiger partial charge in [0, 0.05) is 45.0 Å². The molecule has 1 aromatic heterocycles. The Bertz CT molecular complexity index is 657. The SMILES string of the molecule is CCn1nc(C(=O)N2CCN(Cc3ccccc3)CC2)cc1C. The second-order valence-corrected chi connectivity index (χ2v) is 6.04. The Hall–Kier alpha value is -2.14. The van der Waals surface area contributed by atoms with Crippen molar-refractivity contribution in [3.63, 3.8) is 0 Å². The summed E-state index contributed by atoms with van der Waals surface area (Å²) in [4.78, 5) is 16.9. The lowest BCUT2D eigenvalue weighted by atomic mass is 10.2. The van der Waals surface area contributed by atoms with Crippen molar-refractivity contribution in [3.8, 4) is 0 Å². The summed E-state index contributed by atoms with van der Waals surface area (Å²) in [5.74, 6) is 0.0552. The van der Waals surface area contributed by atoms with Gasteiger partial charge in [-0.25, -0.2) is 0 Å². The molecule has 1 aliphatic heterocycles. The van der Waals surface area contributed by atoms with Crippen LogP contribution in [0.25, 0.3) is 0 Å². The monoisotopic (exact) mass is 312 g/mol. The third-order valence-electron chi connectivity index (χ3n) is 4.41. The molecular formula is C18H24N4O. The Labute approximate surface area is 137 Å². The Morgan fingerprint density at radius 1 is 1.13 bits per heavy atom. The molecule has 0 atom stereocenters. The normalized spacial score (nSPS) is 15.8. The molecule has 0 unspecified atom stereocenters. The first kappa shape index (κ1) is 15.7.